The molecule has 19 heteroatoms. The van der Waals surface area contributed by atoms with Crippen LogP contribution in [0, 0.1) is 5.92 Å². The van der Waals surface area contributed by atoms with Crippen LogP contribution in [0.2, 0.25) is 0 Å². The van der Waals surface area contributed by atoms with Crippen molar-refractivity contribution < 1.29 is 80.2 Å². The molecule has 0 radical (unpaired) electrons. The summed E-state index contributed by atoms with van der Waals surface area (Å²) in [6.07, 6.45) is 59.2. The molecule has 2 unspecified atom stereocenters. The maximum Gasteiger partial charge on any atom is 0.472 e. The second-order valence-electron chi connectivity index (χ2n) is 27.9. The van der Waals surface area contributed by atoms with E-state index in [0.29, 0.717) is 25.7 Å². The molecule has 0 amide bonds. The minimum absolute atomic E-state index is 0.103. The zero-order valence-corrected chi connectivity index (χ0v) is 63.6. The zero-order chi connectivity index (χ0) is 69.8. The molecule has 0 saturated carbocycles. The summed E-state index contributed by atoms with van der Waals surface area (Å²) in [6, 6.07) is 0. The maximum absolute atomic E-state index is 13.1. The smallest absolute Gasteiger partial charge is 0.462 e. The number of hydrogen-bond donors (Lipinski definition) is 3. The summed E-state index contributed by atoms with van der Waals surface area (Å²) >= 11 is 0. The Hall–Kier alpha value is -1.94. The number of phosphoric acid groups is 2. The van der Waals surface area contributed by atoms with Gasteiger partial charge in [-0.05, 0) is 31.6 Å². The molecule has 0 aliphatic heterocycles. The number of aliphatic hydroxyl groups is 1. The van der Waals surface area contributed by atoms with Gasteiger partial charge >= 0.3 is 39.5 Å². The van der Waals surface area contributed by atoms with E-state index in [0.717, 1.165) is 115 Å². The first-order valence-corrected chi connectivity index (χ1v) is 42.6. The van der Waals surface area contributed by atoms with Crippen molar-refractivity contribution in [1.29, 1.82) is 0 Å². The first kappa shape index (κ1) is 93.1. The Morgan fingerprint density at radius 3 is 0.716 bits per heavy atom. The Morgan fingerprint density at radius 2 is 0.484 bits per heavy atom. The van der Waals surface area contributed by atoms with E-state index in [-0.39, 0.29) is 25.7 Å². The van der Waals surface area contributed by atoms with Crippen LogP contribution < -0.4 is 0 Å². The van der Waals surface area contributed by atoms with Gasteiger partial charge in [-0.2, -0.15) is 0 Å². The predicted octanol–water partition coefficient (Wildman–Crippen LogP) is 22.5. The van der Waals surface area contributed by atoms with Crippen LogP contribution in [0.5, 0.6) is 0 Å². The van der Waals surface area contributed by atoms with E-state index in [2.05, 4.69) is 34.6 Å². The first-order chi connectivity index (χ1) is 46.0. The highest BCUT2D eigenvalue weighted by Gasteiger charge is 2.30. The van der Waals surface area contributed by atoms with Crippen molar-refractivity contribution in [3.63, 3.8) is 0 Å². The Kier molecular flexibility index (Phi) is 67.7. The number of carbonyl (C=O) groups excluding carboxylic acids is 4. The van der Waals surface area contributed by atoms with Crippen molar-refractivity contribution in [2.45, 2.75) is 419 Å². The van der Waals surface area contributed by atoms with Crippen LogP contribution in [-0.2, 0) is 65.4 Å². The molecule has 0 spiro atoms. The third-order valence-electron chi connectivity index (χ3n) is 17.8. The van der Waals surface area contributed by atoms with Crippen LogP contribution in [0.3, 0.4) is 0 Å². The maximum atomic E-state index is 13.1. The van der Waals surface area contributed by atoms with Crippen molar-refractivity contribution in [2.75, 3.05) is 39.6 Å². The molecule has 5 atom stereocenters. The van der Waals surface area contributed by atoms with Crippen molar-refractivity contribution in [1.82, 2.24) is 0 Å². The standard InChI is InChI=1S/C76H148O17P2/c1-6-9-12-15-17-18-19-20-21-22-23-24-25-26-31-34-37-40-43-47-52-57-62-76(81)93-72(66-87-74(79)60-55-50-46-42-39-36-33-30-28-27-29-32-35-38-41-45-49-53-58-69(4)5)68-91-95(84,85)89-64-70(77)63-88-94(82,83)90-67-71(65-86-73(78)59-54-48-14-11-8-3)92-75(80)61-56-51-44-16-13-10-7-2/h69-72,77H,6-68H2,1-5H3,(H,82,83)(H,84,85)/t70-,71+,72+/m0/s1. The lowest BCUT2D eigenvalue weighted by Gasteiger charge is -2.21. The molecule has 0 aliphatic rings. The lowest BCUT2D eigenvalue weighted by molar-refractivity contribution is -0.161. The lowest BCUT2D eigenvalue weighted by Crippen LogP contribution is -2.30. The van der Waals surface area contributed by atoms with Crippen LogP contribution in [0.1, 0.15) is 401 Å². The Labute approximate surface area is 581 Å². The van der Waals surface area contributed by atoms with E-state index >= 15 is 0 Å². The van der Waals surface area contributed by atoms with Crippen molar-refractivity contribution in [3.05, 3.63) is 0 Å². The molecule has 0 saturated heterocycles. The first-order valence-electron chi connectivity index (χ1n) is 39.6. The van der Waals surface area contributed by atoms with E-state index in [1.54, 1.807) is 0 Å². The quantitative estimate of drug-likeness (QED) is 0.0222. The molecular weight excluding hydrogens is 1250 g/mol. The second-order valence-corrected chi connectivity index (χ2v) is 30.8. The van der Waals surface area contributed by atoms with Gasteiger partial charge in [-0.3, -0.25) is 37.3 Å². The van der Waals surface area contributed by atoms with Gasteiger partial charge in [0.15, 0.2) is 12.2 Å². The van der Waals surface area contributed by atoms with Crippen LogP contribution in [0.25, 0.3) is 0 Å². The Balaban J connectivity index is 5.04. The van der Waals surface area contributed by atoms with E-state index < -0.39 is 97.5 Å². The van der Waals surface area contributed by atoms with E-state index in [9.17, 15) is 43.2 Å². The van der Waals surface area contributed by atoms with Crippen LogP contribution in [0.4, 0.5) is 0 Å². The Morgan fingerprint density at radius 1 is 0.284 bits per heavy atom. The number of carbonyl (C=O) groups is 4. The van der Waals surface area contributed by atoms with Gasteiger partial charge in [-0.15, -0.1) is 0 Å². The van der Waals surface area contributed by atoms with Gasteiger partial charge in [-0.1, -0.05) is 349 Å². The summed E-state index contributed by atoms with van der Waals surface area (Å²) in [5, 5.41) is 10.6. The average Bonchev–Trinajstić information content (AvgIpc) is 1.54. The molecule has 0 aromatic rings. The highest BCUT2D eigenvalue weighted by molar-refractivity contribution is 7.47. The van der Waals surface area contributed by atoms with E-state index in [1.165, 1.54) is 205 Å². The van der Waals surface area contributed by atoms with Gasteiger partial charge in [0, 0.05) is 25.7 Å². The highest BCUT2D eigenvalue weighted by Crippen LogP contribution is 2.45. The molecule has 3 N–H and O–H groups in total. The monoisotopic (exact) mass is 1400 g/mol. The van der Waals surface area contributed by atoms with Crippen LogP contribution in [0.15, 0.2) is 0 Å². The number of ether oxygens (including phenoxy) is 4. The summed E-state index contributed by atoms with van der Waals surface area (Å²) in [5.74, 6) is -1.31. The SMILES string of the molecule is CCCCCCCCCCCCCCCCCCCCCCCCC(=O)O[C@H](COC(=O)CCCCCCCCCCCCCCCCCCCCC(C)C)COP(=O)(O)OC[C@@H](O)COP(=O)(O)OC[C@@H](COC(=O)CCCCCCC)OC(=O)CCCCCCCCC. The average molecular weight is 1400 g/mol. The number of unbranched alkanes of at least 4 members (excludes halogenated alkanes) is 48. The molecule has 0 aliphatic carbocycles. The largest absolute Gasteiger partial charge is 0.472 e. The molecule has 0 aromatic carbocycles. The fourth-order valence-corrected chi connectivity index (χ4v) is 13.3. The number of rotatable bonds is 76. The van der Waals surface area contributed by atoms with E-state index in [1.807, 2.05) is 0 Å². The number of phosphoric ester groups is 2. The van der Waals surface area contributed by atoms with Crippen molar-refractivity contribution in [3.8, 4) is 0 Å². The third-order valence-corrected chi connectivity index (χ3v) is 19.7. The summed E-state index contributed by atoms with van der Waals surface area (Å²) < 4.78 is 68.1. The van der Waals surface area contributed by atoms with Crippen molar-refractivity contribution >= 4 is 39.5 Å². The van der Waals surface area contributed by atoms with Crippen molar-refractivity contribution in [2.24, 2.45) is 5.92 Å². The topological polar surface area (TPSA) is 237 Å². The molecule has 0 heterocycles. The van der Waals surface area contributed by atoms with Gasteiger partial charge in [0.05, 0.1) is 26.4 Å². The second kappa shape index (κ2) is 69.2. The van der Waals surface area contributed by atoms with Gasteiger partial charge in [0.2, 0.25) is 0 Å². The lowest BCUT2D eigenvalue weighted by atomic mass is 10.0. The van der Waals surface area contributed by atoms with Gasteiger partial charge in [-0.25, -0.2) is 9.13 Å². The predicted molar refractivity (Wildman–Crippen MR) is 386 cm³/mol. The van der Waals surface area contributed by atoms with E-state index in [4.69, 9.17) is 37.0 Å². The summed E-state index contributed by atoms with van der Waals surface area (Å²) in [7, 11) is -9.89. The minimum atomic E-state index is -4.95. The summed E-state index contributed by atoms with van der Waals surface area (Å²) in [5.41, 5.74) is 0. The van der Waals surface area contributed by atoms with Gasteiger partial charge < -0.3 is 33.8 Å². The molecule has 564 valence electrons. The number of hydrogen-bond acceptors (Lipinski definition) is 15. The molecule has 95 heavy (non-hydrogen) atoms. The Bertz CT molecular complexity index is 1820. The van der Waals surface area contributed by atoms with Gasteiger partial charge in [0.1, 0.15) is 19.3 Å². The summed E-state index contributed by atoms with van der Waals surface area (Å²) in [4.78, 5) is 72.3. The molecule has 0 bridgehead atoms. The minimum Gasteiger partial charge on any atom is -0.462 e. The molecule has 17 nitrogen and oxygen atoms in total. The summed E-state index contributed by atoms with van der Waals surface area (Å²) in [6.45, 7) is 7.18. The van der Waals surface area contributed by atoms with Gasteiger partial charge in [0.25, 0.3) is 0 Å². The number of aliphatic hydroxyl groups excluding tert-OH is 1. The third kappa shape index (κ3) is 70.3. The van der Waals surface area contributed by atoms with Crippen LogP contribution in [-0.4, -0.2) is 96.7 Å². The molecule has 0 rings (SSSR count). The fourth-order valence-electron chi connectivity index (χ4n) is 11.7. The molecular formula is C76H148O17P2. The van der Waals surface area contributed by atoms with Crippen LogP contribution >= 0.6 is 15.6 Å². The fraction of sp³-hybridized carbons (Fsp3) is 0.947. The normalized spacial score (nSPS) is 13.9. The number of esters is 4. The zero-order valence-electron chi connectivity index (χ0n) is 61.8. The highest BCUT2D eigenvalue weighted by atomic mass is 31.2. The molecule has 0 aromatic heterocycles. The molecule has 0 fully saturated rings.